The van der Waals surface area contributed by atoms with E-state index in [0.717, 1.165) is 0 Å². The molecule has 114 valence electrons. The molecule has 0 amide bonds. The molecule has 0 atom stereocenters. The fourth-order valence-corrected chi connectivity index (χ4v) is 2.75. The molecule has 0 saturated heterocycles. The molecule has 0 heterocycles. The van der Waals surface area contributed by atoms with E-state index in [4.69, 9.17) is 0 Å². The molecule has 0 unspecified atom stereocenters. The molecular formula is C20H29N. The summed E-state index contributed by atoms with van der Waals surface area (Å²) < 4.78 is 0. The van der Waals surface area contributed by atoms with Crippen molar-refractivity contribution in [2.45, 2.75) is 47.5 Å². The van der Waals surface area contributed by atoms with Gasteiger partial charge in [-0.1, -0.05) is 58.0 Å². The summed E-state index contributed by atoms with van der Waals surface area (Å²) in [6, 6.07) is 8.97. The lowest BCUT2D eigenvalue weighted by atomic mass is 9.90. The molecule has 2 aromatic carbocycles. The summed E-state index contributed by atoms with van der Waals surface area (Å²) in [4.78, 5) is 0. The maximum Gasteiger partial charge on any atom is 0.0373 e. The van der Waals surface area contributed by atoms with Crippen LogP contribution in [0.5, 0.6) is 0 Å². The summed E-state index contributed by atoms with van der Waals surface area (Å²) in [7, 11) is 1.98. The van der Waals surface area contributed by atoms with Crippen LogP contribution in [0.2, 0.25) is 0 Å². The minimum Gasteiger partial charge on any atom is -0.388 e. The third kappa shape index (κ3) is 3.47. The molecule has 21 heavy (non-hydrogen) atoms. The van der Waals surface area contributed by atoms with Crippen molar-refractivity contribution in [1.82, 2.24) is 0 Å². The van der Waals surface area contributed by atoms with Crippen molar-refractivity contribution >= 4 is 22.5 Å². The highest BCUT2D eigenvalue weighted by Crippen LogP contribution is 2.32. The van der Waals surface area contributed by atoms with Gasteiger partial charge in [0.2, 0.25) is 0 Å². The molecule has 1 N–H and O–H groups in total. The average Bonchev–Trinajstić information content (AvgIpc) is 2.58. The maximum absolute atomic E-state index is 3.25. The van der Waals surface area contributed by atoms with Crippen LogP contribution in [0, 0.1) is 6.92 Å². The SMILES string of the molecule is CC.CC.CNc1ccc2c3c(ccc2c1C)CCC=C3. The van der Waals surface area contributed by atoms with E-state index in [1.807, 2.05) is 34.7 Å². The van der Waals surface area contributed by atoms with Gasteiger partial charge in [-0.3, -0.25) is 0 Å². The van der Waals surface area contributed by atoms with Crippen LogP contribution < -0.4 is 5.32 Å². The predicted molar refractivity (Wildman–Crippen MR) is 98.3 cm³/mol. The topological polar surface area (TPSA) is 12.0 Å². The van der Waals surface area contributed by atoms with E-state index in [-0.39, 0.29) is 0 Å². The summed E-state index contributed by atoms with van der Waals surface area (Å²) >= 11 is 0. The van der Waals surface area contributed by atoms with Crippen LogP contribution in [0.3, 0.4) is 0 Å². The van der Waals surface area contributed by atoms with Crippen molar-refractivity contribution < 1.29 is 0 Å². The van der Waals surface area contributed by atoms with Gasteiger partial charge < -0.3 is 5.32 Å². The van der Waals surface area contributed by atoms with Gasteiger partial charge in [-0.15, -0.1) is 0 Å². The standard InChI is InChI=1S/C16H17N.2C2H6/c1-11-13-8-7-12-5-3-4-6-14(12)15(13)9-10-16(11)17-2;2*1-2/h4,6-10,17H,3,5H2,1-2H3;2*1-2H3. The molecule has 0 spiro atoms. The molecule has 0 fully saturated rings. The summed E-state index contributed by atoms with van der Waals surface area (Å²) in [6.07, 6.45) is 6.91. The van der Waals surface area contributed by atoms with Gasteiger partial charge in [-0.2, -0.15) is 0 Å². The molecule has 0 bridgehead atoms. The number of anilines is 1. The van der Waals surface area contributed by atoms with Crippen LogP contribution in [-0.4, -0.2) is 7.05 Å². The number of hydrogen-bond donors (Lipinski definition) is 1. The highest BCUT2D eigenvalue weighted by molar-refractivity contribution is 5.97. The number of aryl methyl sites for hydroxylation is 2. The molecule has 1 nitrogen and oxygen atoms in total. The minimum absolute atomic E-state index is 1.17. The van der Waals surface area contributed by atoms with Gasteiger partial charge in [0.25, 0.3) is 0 Å². The molecule has 1 aliphatic rings. The molecule has 0 aliphatic heterocycles. The van der Waals surface area contributed by atoms with Gasteiger partial charge >= 0.3 is 0 Å². The van der Waals surface area contributed by atoms with Gasteiger partial charge in [-0.25, -0.2) is 0 Å². The van der Waals surface area contributed by atoms with E-state index in [2.05, 4.69) is 48.7 Å². The number of hydrogen-bond acceptors (Lipinski definition) is 1. The number of nitrogens with one attached hydrogen (secondary N) is 1. The minimum atomic E-state index is 1.17. The quantitative estimate of drug-likeness (QED) is 0.657. The molecule has 0 aromatic heterocycles. The zero-order valence-corrected chi connectivity index (χ0v) is 14.4. The predicted octanol–water partition coefficient (Wildman–Crippen LogP) is 6.20. The Labute approximate surface area is 130 Å². The number of rotatable bonds is 1. The first-order chi connectivity index (χ1) is 10.3. The first-order valence-corrected chi connectivity index (χ1v) is 8.21. The Kier molecular flexibility index (Phi) is 7.01. The van der Waals surface area contributed by atoms with Gasteiger partial charge in [0.1, 0.15) is 0 Å². The second-order valence-electron chi connectivity index (χ2n) is 4.66. The molecule has 0 radical (unpaired) electrons. The first-order valence-electron chi connectivity index (χ1n) is 8.21. The normalized spacial score (nSPS) is 11.7. The van der Waals surface area contributed by atoms with E-state index in [0.29, 0.717) is 0 Å². The fourth-order valence-electron chi connectivity index (χ4n) is 2.75. The van der Waals surface area contributed by atoms with Crippen molar-refractivity contribution in [3.8, 4) is 0 Å². The lowest BCUT2D eigenvalue weighted by Crippen LogP contribution is -1.97. The third-order valence-corrected chi connectivity index (χ3v) is 3.74. The van der Waals surface area contributed by atoms with E-state index >= 15 is 0 Å². The van der Waals surface area contributed by atoms with Crippen molar-refractivity contribution in [2.24, 2.45) is 0 Å². The number of allylic oxidation sites excluding steroid dienone is 1. The second kappa shape index (κ2) is 8.51. The largest absolute Gasteiger partial charge is 0.388 e. The van der Waals surface area contributed by atoms with Crippen LogP contribution in [0.1, 0.15) is 50.8 Å². The Morgan fingerprint density at radius 3 is 2.24 bits per heavy atom. The molecular weight excluding hydrogens is 254 g/mol. The second-order valence-corrected chi connectivity index (χ2v) is 4.66. The third-order valence-electron chi connectivity index (χ3n) is 3.74. The lowest BCUT2D eigenvalue weighted by Gasteiger charge is -2.16. The van der Waals surface area contributed by atoms with Crippen molar-refractivity contribution in [3.05, 3.63) is 47.0 Å². The molecule has 1 heteroatoms. The smallest absolute Gasteiger partial charge is 0.0373 e. The van der Waals surface area contributed by atoms with Crippen molar-refractivity contribution in [2.75, 3.05) is 12.4 Å². The summed E-state index contributed by atoms with van der Waals surface area (Å²) in [5, 5.41) is 6.00. The fraction of sp³-hybridized carbons (Fsp3) is 0.400. The number of fused-ring (bicyclic) bond motifs is 3. The average molecular weight is 283 g/mol. The summed E-state index contributed by atoms with van der Waals surface area (Å²) in [6.45, 7) is 10.2. The first kappa shape index (κ1) is 17.3. The van der Waals surface area contributed by atoms with Gasteiger partial charge in [0.15, 0.2) is 0 Å². The van der Waals surface area contributed by atoms with Crippen LogP contribution >= 0.6 is 0 Å². The van der Waals surface area contributed by atoms with Gasteiger partial charge in [-0.05, 0) is 53.3 Å². The Balaban J connectivity index is 0.000000510. The van der Waals surface area contributed by atoms with Crippen LogP contribution in [0.15, 0.2) is 30.3 Å². The Hall–Kier alpha value is -1.76. The van der Waals surface area contributed by atoms with Gasteiger partial charge in [0, 0.05) is 12.7 Å². The number of benzene rings is 2. The van der Waals surface area contributed by atoms with Crippen molar-refractivity contribution in [1.29, 1.82) is 0 Å². The Morgan fingerprint density at radius 1 is 0.905 bits per heavy atom. The zero-order chi connectivity index (χ0) is 15.8. The van der Waals surface area contributed by atoms with E-state index in [9.17, 15) is 0 Å². The Bertz CT molecular complexity index is 609. The van der Waals surface area contributed by atoms with Crippen molar-refractivity contribution in [3.63, 3.8) is 0 Å². The van der Waals surface area contributed by atoms with E-state index < -0.39 is 0 Å². The lowest BCUT2D eigenvalue weighted by molar-refractivity contribution is 0.990. The molecule has 0 saturated carbocycles. The van der Waals surface area contributed by atoms with E-state index in [1.54, 1.807) is 0 Å². The highest BCUT2D eigenvalue weighted by Gasteiger charge is 2.10. The molecule has 1 aliphatic carbocycles. The monoisotopic (exact) mass is 283 g/mol. The van der Waals surface area contributed by atoms with E-state index in [1.165, 1.54) is 46.0 Å². The Morgan fingerprint density at radius 2 is 1.57 bits per heavy atom. The summed E-state index contributed by atoms with van der Waals surface area (Å²) in [5.41, 5.74) is 5.46. The van der Waals surface area contributed by atoms with Crippen LogP contribution in [-0.2, 0) is 6.42 Å². The van der Waals surface area contributed by atoms with Gasteiger partial charge in [0.05, 0.1) is 0 Å². The molecule has 2 aromatic rings. The van der Waals surface area contributed by atoms with Crippen LogP contribution in [0.4, 0.5) is 5.69 Å². The maximum atomic E-state index is 3.25. The highest BCUT2D eigenvalue weighted by atomic mass is 14.8. The van der Waals surface area contributed by atoms with Crippen LogP contribution in [0.25, 0.3) is 16.8 Å². The molecule has 3 rings (SSSR count). The summed E-state index contributed by atoms with van der Waals surface area (Å²) in [5.74, 6) is 0. The zero-order valence-electron chi connectivity index (χ0n) is 14.4.